The van der Waals surface area contributed by atoms with Gasteiger partial charge in [0, 0.05) is 4.88 Å². The highest BCUT2D eigenvalue weighted by atomic mass is 32.1. The third-order valence-corrected chi connectivity index (χ3v) is 2.76. The van der Waals surface area contributed by atoms with Crippen molar-refractivity contribution in [2.75, 3.05) is 6.61 Å². The fourth-order valence-electron chi connectivity index (χ4n) is 1.03. The van der Waals surface area contributed by atoms with Gasteiger partial charge in [-0.15, -0.1) is 11.3 Å². The number of thiophene rings is 1. The third-order valence-electron chi connectivity index (χ3n) is 1.88. The van der Waals surface area contributed by atoms with Crippen molar-refractivity contribution >= 4 is 17.2 Å². The molecule has 7 heteroatoms. The molecule has 0 aliphatic carbocycles. The minimum atomic E-state index is -4.41. The molecular formula is C10H12F3NO2S. The maximum atomic E-state index is 11.8. The van der Waals surface area contributed by atoms with Gasteiger partial charge in [0.25, 0.3) is 0 Å². The van der Waals surface area contributed by atoms with Gasteiger partial charge in [-0.05, 0) is 18.4 Å². The molecule has 3 nitrogen and oxygen atoms in total. The number of amides is 1. The summed E-state index contributed by atoms with van der Waals surface area (Å²) in [7, 11) is 0. The highest BCUT2D eigenvalue weighted by Crippen LogP contribution is 2.15. The van der Waals surface area contributed by atoms with Gasteiger partial charge in [0.2, 0.25) is 5.91 Å². The summed E-state index contributed by atoms with van der Waals surface area (Å²) in [6.45, 7) is 0.173. The number of rotatable bonds is 5. The lowest BCUT2D eigenvalue weighted by atomic mass is 10.3. The average Bonchev–Trinajstić information content (AvgIpc) is 2.74. The Labute approximate surface area is 101 Å². The van der Waals surface area contributed by atoms with E-state index >= 15 is 0 Å². The summed E-state index contributed by atoms with van der Waals surface area (Å²) < 4.78 is 39.9. The molecule has 0 saturated heterocycles. The van der Waals surface area contributed by atoms with E-state index in [1.54, 1.807) is 0 Å². The predicted octanol–water partition coefficient (Wildman–Crippen LogP) is 2.33. The minimum absolute atomic E-state index is 0.302. The van der Waals surface area contributed by atoms with E-state index in [1.807, 2.05) is 17.5 Å². The van der Waals surface area contributed by atoms with Crippen molar-refractivity contribution in [3.63, 3.8) is 0 Å². The van der Waals surface area contributed by atoms with Gasteiger partial charge in [-0.1, -0.05) is 6.07 Å². The lowest BCUT2D eigenvalue weighted by Gasteiger charge is -2.14. The molecule has 1 atom stereocenters. The number of hydrogen-bond acceptors (Lipinski definition) is 3. The van der Waals surface area contributed by atoms with Crippen LogP contribution in [-0.2, 0) is 16.1 Å². The van der Waals surface area contributed by atoms with Crippen molar-refractivity contribution in [1.82, 2.24) is 5.32 Å². The van der Waals surface area contributed by atoms with E-state index < -0.39 is 24.8 Å². The zero-order valence-corrected chi connectivity index (χ0v) is 9.90. The standard InChI is InChI=1S/C10H12F3NO2S/c1-7(16-6-10(11,12)13)9(15)14-5-8-3-2-4-17-8/h2-4,7H,5-6H2,1H3,(H,14,15)/t7-/m1/s1. The summed E-state index contributed by atoms with van der Waals surface area (Å²) in [6.07, 6.45) is -5.53. The number of nitrogens with one attached hydrogen (secondary N) is 1. The maximum absolute atomic E-state index is 11.8. The summed E-state index contributed by atoms with van der Waals surface area (Å²) in [4.78, 5) is 12.3. The molecule has 1 N–H and O–H groups in total. The molecule has 1 heterocycles. The number of ether oxygens (including phenoxy) is 1. The largest absolute Gasteiger partial charge is 0.411 e. The molecule has 17 heavy (non-hydrogen) atoms. The van der Waals surface area contributed by atoms with Crippen molar-refractivity contribution < 1.29 is 22.7 Å². The maximum Gasteiger partial charge on any atom is 0.411 e. The number of carbonyl (C=O) groups excluding carboxylic acids is 1. The molecule has 0 saturated carbocycles. The van der Waals surface area contributed by atoms with E-state index in [1.165, 1.54) is 18.3 Å². The molecule has 1 rings (SSSR count). The van der Waals surface area contributed by atoms with Crippen molar-refractivity contribution in [1.29, 1.82) is 0 Å². The topological polar surface area (TPSA) is 38.3 Å². The van der Waals surface area contributed by atoms with Crippen LogP contribution < -0.4 is 5.32 Å². The van der Waals surface area contributed by atoms with E-state index in [0.717, 1.165) is 4.88 Å². The Balaban J connectivity index is 2.27. The molecule has 1 amide bonds. The van der Waals surface area contributed by atoms with Crippen LogP contribution in [0.15, 0.2) is 17.5 Å². The second-order valence-corrected chi connectivity index (χ2v) is 4.40. The molecule has 0 unspecified atom stereocenters. The highest BCUT2D eigenvalue weighted by Gasteiger charge is 2.29. The van der Waals surface area contributed by atoms with Gasteiger partial charge in [-0.3, -0.25) is 4.79 Å². The summed E-state index contributed by atoms with van der Waals surface area (Å²) >= 11 is 1.46. The van der Waals surface area contributed by atoms with Gasteiger partial charge in [-0.2, -0.15) is 13.2 Å². The van der Waals surface area contributed by atoms with Crippen LogP contribution in [0.4, 0.5) is 13.2 Å². The number of halogens is 3. The fourth-order valence-corrected chi connectivity index (χ4v) is 1.67. The molecule has 1 aromatic rings. The monoisotopic (exact) mass is 267 g/mol. The van der Waals surface area contributed by atoms with Gasteiger partial charge in [0.1, 0.15) is 12.7 Å². The van der Waals surface area contributed by atoms with Crippen LogP contribution in [0.1, 0.15) is 11.8 Å². The van der Waals surface area contributed by atoms with Gasteiger partial charge in [0.05, 0.1) is 6.54 Å². The van der Waals surface area contributed by atoms with Crippen LogP contribution in [-0.4, -0.2) is 24.8 Å². The van der Waals surface area contributed by atoms with Crippen molar-refractivity contribution in [3.05, 3.63) is 22.4 Å². The lowest BCUT2D eigenvalue weighted by molar-refractivity contribution is -0.185. The fraction of sp³-hybridized carbons (Fsp3) is 0.500. The van der Waals surface area contributed by atoms with Gasteiger partial charge >= 0.3 is 6.18 Å². The second kappa shape index (κ2) is 6.02. The summed E-state index contributed by atoms with van der Waals surface area (Å²) in [5.41, 5.74) is 0. The Hall–Kier alpha value is -1.08. The van der Waals surface area contributed by atoms with Crippen LogP contribution in [0.25, 0.3) is 0 Å². The molecule has 0 fully saturated rings. The minimum Gasteiger partial charge on any atom is -0.359 e. The Morgan fingerprint density at radius 3 is 2.82 bits per heavy atom. The van der Waals surface area contributed by atoms with Gasteiger partial charge < -0.3 is 10.1 Å². The van der Waals surface area contributed by atoms with Crippen molar-refractivity contribution in [3.8, 4) is 0 Å². The first-order valence-corrected chi connectivity index (χ1v) is 5.75. The molecule has 0 spiro atoms. The molecule has 0 aromatic carbocycles. The Morgan fingerprint density at radius 1 is 1.59 bits per heavy atom. The van der Waals surface area contributed by atoms with Gasteiger partial charge in [0.15, 0.2) is 0 Å². The van der Waals surface area contributed by atoms with E-state index in [0.29, 0.717) is 6.54 Å². The molecular weight excluding hydrogens is 255 g/mol. The van der Waals surface area contributed by atoms with E-state index in [9.17, 15) is 18.0 Å². The zero-order valence-electron chi connectivity index (χ0n) is 9.08. The molecule has 96 valence electrons. The molecule has 0 radical (unpaired) electrons. The normalized spacial score (nSPS) is 13.4. The Morgan fingerprint density at radius 2 is 2.29 bits per heavy atom. The van der Waals surface area contributed by atoms with E-state index in [2.05, 4.69) is 10.1 Å². The van der Waals surface area contributed by atoms with Crippen molar-refractivity contribution in [2.24, 2.45) is 0 Å². The number of hydrogen-bond donors (Lipinski definition) is 1. The van der Waals surface area contributed by atoms with Gasteiger partial charge in [-0.25, -0.2) is 0 Å². The third kappa shape index (κ3) is 5.69. The average molecular weight is 267 g/mol. The number of alkyl halides is 3. The van der Waals surface area contributed by atoms with E-state index in [4.69, 9.17) is 0 Å². The smallest absolute Gasteiger partial charge is 0.359 e. The highest BCUT2D eigenvalue weighted by molar-refractivity contribution is 7.09. The first kappa shape index (κ1) is 14.0. The molecule has 0 aliphatic rings. The van der Waals surface area contributed by atoms with Crippen LogP contribution in [0.2, 0.25) is 0 Å². The van der Waals surface area contributed by atoms with E-state index in [-0.39, 0.29) is 0 Å². The summed E-state index contributed by atoms with van der Waals surface area (Å²) in [6, 6.07) is 3.65. The molecule has 0 aliphatic heterocycles. The first-order valence-electron chi connectivity index (χ1n) is 4.87. The first-order chi connectivity index (χ1) is 7.88. The van der Waals surface area contributed by atoms with Crippen LogP contribution in [0.5, 0.6) is 0 Å². The quantitative estimate of drug-likeness (QED) is 0.889. The summed E-state index contributed by atoms with van der Waals surface area (Å²) in [5.74, 6) is -0.553. The Kier molecular flexibility index (Phi) is 4.95. The van der Waals surface area contributed by atoms with Crippen molar-refractivity contribution in [2.45, 2.75) is 25.7 Å². The SMILES string of the molecule is C[C@@H](OCC(F)(F)F)C(=O)NCc1cccs1. The predicted molar refractivity (Wildman–Crippen MR) is 57.6 cm³/mol. The van der Waals surface area contributed by atoms with Crippen LogP contribution in [0.3, 0.4) is 0 Å². The molecule has 1 aromatic heterocycles. The number of carbonyl (C=O) groups is 1. The van der Waals surface area contributed by atoms with Crippen LogP contribution >= 0.6 is 11.3 Å². The lowest BCUT2D eigenvalue weighted by Crippen LogP contribution is -2.36. The Bertz CT molecular complexity index is 351. The second-order valence-electron chi connectivity index (χ2n) is 3.37. The summed E-state index contributed by atoms with van der Waals surface area (Å²) in [5, 5.41) is 4.35. The van der Waals surface area contributed by atoms with Crippen LogP contribution in [0, 0.1) is 0 Å². The molecule has 0 bridgehead atoms. The zero-order chi connectivity index (χ0) is 12.9.